The molecule has 5 rings (SSSR count). The Labute approximate surface area is 226 Å². The molecule has 0 spiro atoms. The van der Waals surface area contributed by atoms with Gasteiger partial charge in [0.05, 0.1) is 23.0 Å². The number of alkyl halides is 3. The lowest BCUT2D eigenvalue weighted by atomic mass is 10.0. The van der Waals surface area contributed by atoms with Crippen LogP contribution in [0.15, 0.2) is 76.1 Å². The average Bonchev–Trinajstić information content (AvgIpc) is 3.30. The van der Waals surface area contributed by atoms with Crippen molar-refractivity contribution in [3.05, 3.63) is 94.4 Å². The molecule has 208 valence electrons. The highest BCUT2D eigenvalue weighted by Crippen LogP contribution is 2.43. The molecule has 0 bridgehead atoms. The first-order valence-electron chi connectivity index (χ1n) is 11.5. The molecule has 5 aromatic rings. The molecule has 15 heteroatoms. The first-order valence-corrected chi connectivity index (χ1v) is 11.5. The van der Waals surface area contributed by atoms with Crippen molar-refractivity contribution in [2.75, 3.05) is 16.0 Å². The Morgan fingerprint density at radius 1 is 1.02 bits per heavy atom. The monoisotopic (exact) mass is 568 g/mol. The van der Waals surface area contributed by atoms with Crippen molar-refractivity contribution in [1.29, 1.82) is 0 Å². The molecule has 0 atom stereocenters. The number of H-pyrrole nitrogens is 1. The number of benzene rings is 3. The third kappa shape index (κ3) is 5.83. The van der Waals surface area contributed by atoms with Crippen molar-refractivity contribution in [1.82, 2.24) is 15.0 Å². The van der Waals surface area contributed by atoms with E-state index in [-0.39, 0.29) is 35.2 Å². The number of ether oxygens (including phenoxy) is 1. The van der Waals surface area contributed by atoms with Gasteiger partial charge in [-0.3, -0.25) is 14.6 Å². The van der Waals surface area contributed by atoms with E-state index < -0.39 is 46.2 Å². The van der Waals surface area contributed by atoms with Gasteiger partial charge in [-0.15, -0.1) is 0 Å². The van der Waals surface area contributed by atoms with Crippen LogP contribution in [0.1, 0.15) is 15.9 Å². The number of carbonyl (C=O) groups is 2. The van der Waals surface area contributed by atoms with Gasteiger partial charge in [0, 0.05) is 11.4 Å². The van der Waals surface area contributed by atoms with E-state index >= 15 is 0 Å². The molecule has 2 heterocycles. The molecule has 0 aliphatic heterocycles. The van der Waals surface area contributed by atoms with E-state index in [9.17, 15) is 31.9 Å². The van der Waals surface area contributed by atoms with Gasteiger partial charge in [0.25, 0.3) is 12.4 Å². The van der Waals surface area contributed by atoms with Gasteiger partial charge in [-0.05, 0) is 42.5 Å². The van der Waals surface area contributed by atoms with Crippen molar-refractivity contribution in [2.24, 2.45) is 0 Å². The predicted octanol–water partition coefficient (Wildman–Crippen LogP) is 5.34. The van der Waals surface area contributed by atoms with Crippen LogP contribution in [0, 0.1) is 5.82 Å². The molecule has 4 N–H and O–H groups in total. The smallest absolute Gasteiger partial charge is 0.420 e. The minimum atomic E-state index is -5.14. The minimum Gasteiger partial charge on any atom is -0.426 e. The summed E-state index contributed by atoms with van der Waals surface area (Å²) in [6, 6.07) is 14.1. The lowest BCUT2D eigenvalue weighted by Gasteiger charge is -2.19. The van der Waals surface area contributed by atoms with Crippen LogP contribution < -0.4 is 26.4 Å². The highest BCUT2D eigenvalue weighted by atomic mass is 19.4. The number of nitrogens with zero attached hydrogens (tertiary/aromatic N) is 2. The second kappa shape index (κ2) is 10.8. The number of oxazole rings is 1. The minimum absolute atomic E-state index is 0.233. The summed E-state index contributed by atoms with van der Waals surface area (Å²) in [5.41, 5.74) is -1.69. The number of amides is 1. The number of rotatable bonds is 8. The first-order chi connectivity index (χ1) is 19.6. The van der Waals surface area contributed by atoms with Crippen molar-refractivity contribution >= 4 is 52.3 Å². The molecule has 0 unspecified atom stereocenters. The lowest BCUT2D eigenvalue weighted by Crippen LogP contribution is -2.20. The van der Waals surface area contributed by atoms with E-state index in [1.165, 1.54) is 30.3 Å². The summed E-state index contributed by atoms with van der Waals surface area (Å²) >= 11 is 0. The highest BCUT2D eigenvalue weighted by Gasteiger charge is 2.40. The topological polar surface area (TPSA) is 151 Å². The van der Waals surface area contributed by atoms with Crippen molar-refractivity contribution in [2.45, 2.75) is 6.18 Å². The van der Waals surface area contributed by atoms with Gasteiger partial charge in [0.1, 0.15) is 5.56 Å². The van der Waals surface area contributed by atoms with Gasteiger partial charge in [-0.25, -0.2) is 14.2 Å². The van der Waals surface area contributed by atoms with Crippen LogP contribution in [0.3, 0.4) is 0 Å². The van der Waals surface area contributed by atoms with E-state index in [0.717, 1.165) is 18.3 Å². The zero-order valence-electron chi connectivity index (χ0n) is 20.4. The van der Waals surface area contributed by atoms with Crippen LogP contribution in [0.4, 0.5) is 46.4 Å². The number of aromatic amines is 1. The Kier molecular flexibility index (Phi) is 7.07. The third-order valence-corrected chi connectivity index (χ3v) is 5.56. The molecule has 0 saturated carbocycles. The van der Waals surface area contributed by atoms with Crippen molar-refractivity contribution < 1.29 is 36.3 Å². The fourth-order valence-corrected chi connectivity index (χ4v) is 3.84. The van der Waals surface area contributed by atoms with Crippen LogP contribution >= 0.6 is 0 Å². The lowest BCUT2D eigenvalue weighted by molar-refractivity contribution is -0.140. The highest BCUT2D eigenvalue weighted by molar-refractivity contribution is 6.06. The zero-order chi connectivity index (χ0) is 29.1. The number of fused-ring (bicyclic) bond motifs is 1. The number of carbonyl (C=O) groups excluding carboxylic acids is 2. The van der Waals surface area contributed by atoms with Gasteiger partial charge >= 0.3 is 11.9 Å². The van der Waals surface area contributed by atoms with Crippen LogP contribution in [-0.2, 0) is 11.0 Å². The largest absolute Gasteiger partial charge is 0.426 e. The first kappa shape index (κ1) is 26.9. The maximum atomic E-state index is 14.5. The Hall–Kier alpha value is -5.73. The maximum absolute atomic E-state index is 14.5. The molecule has 0 saturated heterocycles. The molecular weight excluding hydrogens is 552 g/mol. The van der Waals surface area contributed by atoms with Gasteiger partial charge in [-0.1, -0.05) is 18.2 Å². The Bertz CT molecular complexity index is 1820. The SMILES string of the molecule is O=COc1c(Nc2ncc(F)c(Nc3ccc4oc(=O)[nH]c4c3)n2)ccc(C(=O)Nc2ccccc2)c1C(F)(F)F. The predicted molar refractivity (Wildman–Crippen MR) is 138 cm³/mol. The molecule has 0 aliphatic rings. The molecule has 3 aromatic carbocycles. The standard InChI is InChI=1S/C26H16F4N6O5/c27-16-11-31-24(36-22(16)32-14-6-9-19-18(10-14)35-25(39)41-19)34-17-8-7-15(20(26(28,29)30)21(17)40-12-37)23(38)33-13-4-2-1-3-5-13/h1-12H,(H,33,38)(H,35,39)(H2,31,32,34,36). The van der Waals surface area contributed by atoms with E-state index in [2.05, 4.69) is 35.6 Å². The van der Waals surface area contributed by atoms with Crippen LogP contribution in [-0.4, -0.2) is 27.3 Å². The number of para-hydroxylation sites is 1. The Morgan fingerprint density at radius 3 is 2.54 bits per heavy atom. The van der Waals surface area contributed by atoms with E-state index in [1.807, 2.05) is 0 Å². The zero-order valence-corrected chi connectivity index (χ0v) is 20.4. The normalized spacial score (nSPS) is 11.2. The molecule has 41 heavy (non-hydrogen) atoms. The molecule has 0 fully saturated rings. The summed E-state index contributed by atoms with van der Waals surface area (Å²) in [5.74, 6) is -4.48. The van der Waals surface area contributed by atoms with Crippen molar-refractivity contribution in [3.63, 3.8) is 0 Å². The summed E-state index contributed by atoms with van der Waals surface area (Å²) < 4.78 is 66.7. The Morgan fingerprint density at radius 2 is 1.80 bits per heavy atom. The van der Waals surface area contributed by atoms with Gasteiger partial charge in [-0.2, -0.15) is 18.2 Å². The number of hydrogen-bond acceptors (Lipinski definition) is 9. The van der Waals surface area contributed by atoms with Gasteiger partial charge in [0.2, 0.25) is 5.95 Å². The molecular formula is C26H16F4N6O5. The average molecular weight is 568 g/mol. The van der Waals surface area contributed by atoms with Crippen LogP contribution in [0.5, 0.6) is 5.75 Å². The molecule has 0 aliphatic carbocycles. The molecule has 2 aromatic heterocycles. The van der Waals surface area contributed by atoms with E-state index in [4.69, 9.17) is 4.42 Å². The number of aromatic nitrogens is 3. The number of halogens is 4. The van der Waals surface area contributed by atoms with Crippen LogP contribution in [0.25, 0.3) is 11.1 Å². The fraction of sp³-hybridized carbons (Fsp3) is 0.0385. The summed E-state index contributed by atoms with van der Waals surface area (Å²) in [6.07, 6.45) is -4.38. The summed E-state index contributed by atoms with van der Waals surface area (Å²) in [6.45, 7) is -0.233. The third-order valence-electron chi connectivity index (χ3n) is 5.56. The van der Waals surface area contributed by atoms with E-state index in [1.54, 1.807) is 18.2 Å². The molecule has 11 nitrogen and oxygen atoms in total. The number of anilines is 5. The quantitative estimate of drug-likeness (QED) is 0.144. The summed E-state index contributed by atoms with van der Waals surface area (Å²) in [7, 11) is 0. The summed E-state index contributed by atoms with van der Waals surface area (Å²) in [4.78, 5) is 45.5. The Balaban J connectivity index is 1.49. The summed E-state index contributed by atoms with van der Waals surface area (Å²) in [5, 5.41) is 7.49. The maximum Gasteiger partial charge on any atom is 0.420 e. The number of nitrogens with one attached hydrogen (secondary N) is 4. The molecule has 1 amide bonds. The number of hydrogen-bond donors (Lipinski definition) is 4. The van der Waals surface area contributed by atoms with Crippen LogP contribution in [0.2, 0.25) is 0 Å². The fourth-order valence-electron chi connectivity index (χ4n) is 3.84. The second-order valence-corrected chi connectivity index (χ2v) is 8.26. The van der Waals surface area contributed by atoms with Crippen molar-refractivity contribution in [3.8, 4) is 5.75 Å². The van der Waals surface area contributed by atoms with Gasteiger partial charge in [0.15, 0.2) is 23.0 Å². The van der Waals surface area contributed by atoms with E-state index in [0.29, 0.717) is 5.52 Å². The second-order valence-electron chi connectivity index (χ2n) is 8.26. The molecule has 0 radical (unpaired) electrons. The van der Waals surface area contributed by atoms with Gasteiger partial charge < -0.3 is 25.1 Å².